The molecule has 0 unspecified atom stereocenters. The Balaban J connectivity index is 1.92. The van der Waals surface area contributed by atoms with Crippen LogP contribution in [-0.4, -0.2) is 32.7 Å². The van der Waals surface area contributed by atoms with Crippen molar-refractivity contribution in [2.75, 3.05) is 7.05 Å². The van der Waals surface area contributed by atoms with Crippen molar-refractivity contribution in [3.05, 3.63) is 33.0 Å². The van der Waals surface area contributed by atoms with Gasteiger partial charge in [0, 0.05) is 42.5 Å². The smallest absolute Gasteiger partial charge is 0.317 e. The van der Waals surface area contributed by atoms with Gasteiger partial charge in [-0.1, -0.05) is 6.92 Å². The van der Waals surface area contributed by atoms with E-state index in [-0.39, 0.29) is 6.03 Å². The second-order valence-electron chi connectivity index (χ2n) is 5.55. The van der Waals surface area contributed by atoms with Crippen molar-refractivity contribution >= 4 is 17.4 Å². The molecule has 126 valence electrons. The Morgan fingerprint density at radius 3 is 2.70 bits per heavy atom. The van der Waals surface area contributed by atoms with Crippen molar-refractivity contribution in [2.45, 2.75) is 53.8 Å². The molecule has 6 nitrogen and oxygen atoms in total. The zero-order chi connectivity index (χ0) is 17.0. The molecule has 2 amide bonds. The quantitative estimate of drug-likeness (QED) is 0.883. The van der Waals surface area contributed by atoms with Crippen molar-refractivity contribution in [3.8, 4) is 0 Å². The fourth-order valence-corrected chi connectivity index (χ4v) is 3.37. The van der Waals surface area contributed by atoms with Crippen molar-refractivity contribution in [2.24, 2.45) is 0 Å². The van der Waals surface area contributed by atoms with Crippen molar-refractivity contribution in [3.63, 3.8) is 0 Å². The summed E-state index contributed by atoms with van der Waals surface area (Å²) in [5, 5.41) is 8.41. The van der Waals surface area contributed by atoms with Gasteiger partial charge in [-0.25, -0.2) is 9.78 Å². The molecule has 0 fully saturated rings. The standard InChI is InChI=1S/C16H25N5OS/c1-6-13-8-17-15(23-13)10-20(5)16(22)18-9-14-11(3)19-21(7-2)12(14)4/h8H,6-7,9-10H2,1-5H3,(H,18,22). The van der Waals surface area contributed by atoms with Crippen LogP contribution in [0.3, 0.4) is 0 Å². The maximum absolute atomic E-state index is 12.3. The fourth-order valence-electron chi connectivity index (χ4n) is 2.46. The van der Waals surface area contributed by atoms with Gasteiger partial charge in [0.1, 0.15) is 5.01 Å². The van der Waals surface area contributed by atoms with Gasteiger partial charge in [-0.3, -0.25) is 4.68 Å². The van der Waals surface area contributed by atoms with E-state index in [9.17, 15) is 4.79 Å². The Morgan fingerprint density at radius 2 is 2.13 bits per heavy atom. The van der Waals surface area contributed by atoms with E-state index in [0.717, 1.165) is 34.9 Å². The number of aromatic nitrogens is 3. The normalized spacial score (nSPS) is 10.8. The van der Waals surface area contributed by atoms with Crippen LogP contribution in [0.4, 0.5) is 4.79 Å². The van der Waals surface area contributed by atoms with Gasteiger partial charge < -0.3 is 10.2 Å². The average Bonchev–Trinajstić information content (AvgIpc) is 3.09. The van der Waals surface area contributed by atoms with Crippen molar-refractivity contribution < 1.29 is 4.79 Å². The molecule has 0 aliphatic heterocycles. The van der Waals surface area contributed by atoms with E-state index in [0.29, 0.717) is 13.1 Å². The number of carbonyl (C=O) groups is 1. The summed E-state index contributed by atoms with van der Waals surface area (Å²) < 4.78 is 1.96. The van der Waals surface area contributed by atoms with Crippen molar-refractivity contribution in [1.29, 1.82) is 0 Å². The van der Waals surface area contributed by atoms with Crippen LogP contribution in [0.2, 0.25) is 0 Å². The predicted molar refractivity (Wildman–Crippen MR) is 92.6 cm³/mol. The number of nitrogens with zero attached hydrogens (tertiary/aromatic N) is 4. The van der Waals surface area contributed by atoms with E-state index >= 15 is 0 Å². The minimum atomic E-state index is -0.0960. The number of carbonyl (C=O) groups excluding carboxylic acids is 1. The van der Waals surface area contributed by atoms with Crippen LogP contribution in [0.25, 0.3) is 0 Å². The lowest BCUT2D eigenvalue weighted by Gasteiger charge is -2.16. The summed E-state index contributed by atoms with van der Waals surface area (Å²) in [7, 11) is 1.79. The predicted octanol–water partition coefficient (Wildman–Crippen LogP) is 2.88. The molecule has 0 aliphatic carbocycles. The molecule has 0 bridgehead atoms. The van der Waals surface area contributed by atoms with Gasteiger partial charge in [0.2, 0.25) is 0 Å². The molecule has 2 heterocycles. The SMILES string of the molecule is CCc1cnc(CN(C)C(=O)NCc2c(C)nn(CC)c2C)s1. The molecule has 2 rings (SSSR count). The second-order valence-corrected chi connectivity index (χ2v) is 6.75. The first-order valence-corrected chi connectivity index (χ1v) is 8.73. The highest BCUT2D eigenvalue weighted by Gasteiger charge is 2.14. The lowest BCUT2D eigenvalue weighted by Crippen LogP contribution is -2.36. The molecule has 23 heavy (non-hydrogen) atoms. The molecule has 7 heteroatoms. The molecule has 0 aliphatic rings. The van der Waals surface area contributed by atoms with E-state index in [1.54, 1.807) is 23.3 Å². The van der Waals surface area contributed by atoms with Crippen LogP contribution < -0.4 is 5.32 Å². The zero-order valence-corrected chi connectivity index (χ0v) is 15.3. The van der Waals surface area contributed by atoms with Gasteiger partial charge in [-0.2, -0.15) is 5.10 Å². The number of hydrogen-bond donors (Lipinski definition) is 1. The van der Waals surface area contributed by atoms with Crippen molar-refractivity contribution in [1.82, 2.24) is 25.0 Å². The Kier molecular flexibility index (Phi) is 5.76. The number of aryl methyl sites for hydroxylation is 3. The van der Waals surface area contributed by atoms with E-state index in [1.165, 1.54) is 4.88 Å². The number of urea groups is 1. The molecular formula is C16H25N5OS. The minimum absolute atomic E-state index is 0.0960. The molecule has 2 aromatic heterocycles. The summed E-state index contributed by atoms with van der Waals surface area (Å²) in [6.45, 7) is 10.1. The van der Waals surface area contributed by atoms with Crippen LogP contribution >= 0.6 is 11.3 Å². The highest BCUT2D eigenvalue weighted by molar-refractivity contribution is 7.11. The van der Waals surface area contributed by atoms with Gasteiger partial charge in [0.15, 0.2) is 0 Å². The molecule has 0 spiro atoms. The van der Waals surface area contributed by atoms with Crippen LogP contribution in [0.15, 0.2) is 6.20 Å². The monoisotopic (exact) mass is 335 g/mol. The third kappa shape index (κ3) is 4.10. The van der Waals surface area contributed by atoms with Crippen LogP contribution in [0.1, 0.15) is 40.7 Å². The number of thiazole rings is 1. The number of rotatable bonds is 6. The van der Waals surface area contributed by atoms with Gasteiger partial charge in [-0.15, -0.1) is 11.3 Å². The first-order chi connectivity index (χ1) is 11.0. The Bertz CT molecular complexity index is 676. The highest BCUT2D eigenvalue weighted by Crippen LogP contribution is 2.15. The molecular weight excluding hydrogens is 310 g/mol. The van der Waals surface area contributed by atoms with E-state index in [1.807, 2.05) is 24.7 Å². The topological polar surface area (TPSA) is 63.1 Å². The first-order valence-electron chi connectivity index (χ1n) is 7.91. The minimum Gasteiger partial charge on any atom is -0.334 e. The third-order valence-corrected chi connectivity index (χ3v) is 5.04. The lowest BCUT2D eigenvalue weighted by atomic mass is 10.2. The van der Waals surface area contributed by atoms with Crippen LogP contribution in [0, 0.1) is 13.8 Å². The Labute approximate surface area is 141 Å². The molecule has 0 aromatic carbocycles. The molecule has 0 saturated heterocycles. The van der Waals surface area contributed by atoms with E-state index in [4.69, 9.17) is 0 Å². The molecule has 1 N–H and O–H groups in total. The largest absolute Gasteiger partial charge is 0.334 e. The number of nitrogens with one attached hydrogen (secondary N) is 1. The summed E-state index contributed by atoms with van der Waals surface area (Å²) in [4.78, 5) is 19.5. The van der Waals surface area contributed by atoms with E-state index < -0.39 is 0 Å². The maximum atomic E-state index is 12.3. The summed E-state index contributed by atoms with van der Waals surface area (Å²) in [5.41, 5.74) is 3.18. The highest BCUT2D eigenvalue weighted by atomic mass is 32.1. The number of amides is 2. The summed E-state index contributed by atoms with van der Waals surface area (Å²) in [6.07, 6.45) is 2.87. The first kappa shape index (κ1) is 17.5. The Morgan fingerprint density at radius 1 is 1.39 bits per heavy atom. The molecule has 0 radical (unpaired) electrons. The molecule has 0 saturated carbocycles. The number of hydrogen-bond acceptors (Lipinski definition) is 4. The maximum Gasteiger partial charge on any atom is 0.317 e. The summed E-state index contributed by atoms with van der Waals surface area (Å²) in [6, 6.07) is -0.0960. The van der Waals surface area contributed by atoms with Gasteiger partial charge in [-0.05, 0) is 27.2 Å². The third-order valence-electron chi connectivity index (χ3n) is 3.92. The van der Waals surface area contributed by atoms with Gasteiger partial charge in [0.05, 0.1) is 12.2 Å². The summed E-state index contributed by atoms with van der Waals surface area (Å²) in [5.74, 6) is 0. The van der Waals surface area contributed by atoms with E-state index in [2.05, 4.69) is 29.2 Å². The molecule has 0 atom stereocenters. The van der Waals surface area contributed by atoms with Crippen LogP contribution in [-0.2, 0) is 26.1 Å². The van der Waals surface area contributed by atoms with Gasteiger partial charge in [0.25, 0.3) is 0 Å². The fraction of sp³-hybridized carbons (Fsp3) is 0.562. The second kappa shape index (κ2) is 7.59. The summed E-state index contributed by atoms with van der Waals surface area (Å²) >= 11 is 1.66. The van der Waals surface area contributed by atoms with Crippen LogP contribution in [0.5, 0.6) is 0 Å². The zero-order valence-electron chi connectivity index (χ0n) is 14.5. The lowest BCUT2D eigenvalue weighted by molar-refractivity contribution is 0.206. The Hall–Kier alpha value is -1.89. The van der Waals surface area contributed by atoms with Gasteiger partial charge >= 0.3 is 6.03 Å². The average molecular weight is 335 g/mol. The molecule has 2 aromatic rings.